The number of nitrogens with one attached hydrogen (secondary N) is 2. The molecule has 44 heavy (non-hydrogen) atoms. The maximum absolute atomic E-state index is 13.6. The SMILES string of the molecule is CN(C)C(=O)c1ccc(NC(=O)C(C)(C)NC(=O)c2ccc3c(C4CCCCC4)c4n(c3c2)CCOc2ccccc2-4)cc1. The van der Waals surface area contributed by atoms with E-state index in [4.69, 9.17) is 4.74 Å². The van der Waals surface area contributed by atoms with Crippen molar-refractivity contribution in [3.8, 4) is 17.0 Å². The van der Waals surface area contributed by atoms with Gasteiger partial charge in [0.25, 0.3) is 11.8 Å². The highest BCUT2D eigenvalue weighted by atomic mass is 16.5. The number of carbonyl (C=O) groups excluding carboxylic acids is 3. The minimum atomic E-state index is -1.19. The smallest absolute Gasteiger partial charge is 0.253 e. The third kappa shape index (κ3) is 5.56. The lowest BCUT2D eigenvalue weighted by atomic mass is 9.81. The topological polar surface area (TPSA) is 92.7 Å². The molecule has 8 nitrogen and oxygen atoms in total. The van der Waals surface area contributed by atoms with Crippen molar-refractivity contribution in [2.75, 3.05) is 26.0 Å². The van der Waals surface area contributed by atoms with Crippen LogP contribution >= 0.6 is 0 Å². The molecule has 0 unspecified atom stereocenters. The molecule has 0 atom stereocenters. The Morgan fingerprint density at radius 1 is 0.909 bits per heavy atom. The maximum atomic E-state index is 13.6. The Balaban J connectivity index is 1.28. The third-order valence-corrected chi connectivity index (χ3v) is 8.88. The van der Waals surface area contributed by atoms with Crippen LogP contribution in [0.25, 0.3) is 22.2 Å². The lowest BCUT2D eigenvalue weighted by molar-refractivity contribution is -0.120. The Hall–Kier alpha value is -4.59. The molecule has 0 spiro atoms. The van der Waals surface area contributed by atoms with E-state index in [2.05, 4.69) is 33.4 Å². The maximum Gasteiger partial charge on any atom is 0.253 e. The quantitative estimate of drug-likeness (QED) is 0.264. The highest BCUT2D eigenvalue weighted by Crippen LogP contribution is 2.47. The number of carbonyl (C=O) groups is 3. The summed E-state index contributed by atoms with van der Waals surface area (Å²) in [6.45, 7) is 4.60. The van der Waals surface area contributed by atoms with Crippen molar-refractivity contribution < 1.29 is 19.1 Å². The van der Waals surface area contributed by atoms with Crippen molar-refractivity contribution in [2.24, 2.45) is 0 Å². The summed E-state index contributed by atoms with van der Waals surface area (Å²) in [5.74, 6) is 0.569. The van der Waals surface area contributed by atoms with Crippen molar-refractivity contribution in [1.29, 1.82) is 0 Å². The minimum Gasteiger partial charge on any atom is -0.491 e. The summed E-state index contributed by atoms with van der Waals surface area (Å²) < 4.78 is 8.49. The molecule has 0 saturated heterocycles. The second kappa shape index (κ2) is 11.8. The van der Waals surface area contributed by atoms with Crippen LogP contribution in [0.3, 0.4) is 0 Å². The van der Waals surface area contributed by atoms with Gasteiger partial charge in [0.1, 0.15) is 17.9 Å². The van der Waals surface area contributed by atoms with Crippen LogP contribution in [0.4, 0.5) is 5.69 Å². The van der Waals surface area contributed by atoms with Crippen LogP contribution in [0, 0.1) is 0 Å². The van der Waals surface area contributed by atoms with Gasteiger partial charge < -0.3 is 24.8 Å². The number of anilines is 1. The Kier molecular flexibility index (Phi) is 7.93. The Morgan fingerprint density at radius 2 is 1.61 bits per heavy atom. The molecule has 8 heteroatoms. The van der Waals surface area contributed by atoms with E-state index in [1.807, 2.05) is 24.3 Å². The molecule has 2 heterocycles. The van der Waals surface area contributed by atoms with Crippen LogP contribution in [0.15, 0.2) is 66.7 Å². The van der Waals surface area contributed by atoms with Gasteiger partial charge in [-0.05, 0) is 86.7 Å². The largest absolute Gasteiger partial charge is 0.491 e. The Labute approximate surface area is 258 Å². The number of nitrogens with zero attached hydrogens (tertiary/aromatic N) is 2. The summed E-state index contributed by atoms with van der Waals surface area (Å²) in [6, 6.07) is 20.9. The van der Waals surface area contributed by atoms with E-state index in [0.717, 1.165) is 29.7 Å². The number of amides is 3. The molecule has 0 bridgehead atoms. The fraction of sp³-hybridized carbons (Fsp3) is 0.361. The van der Waals surface area contributed by atoms with Gasteiger partial charge in [-0.1, -0.05) is 37.5 Å². The zero-order valence-corrected chi connectivity index (χ0v) is 25.9. The fourth-order valence-electron chi connectivity index (χ4n) is 6.53. The van der Waals surface area contributed by atoms with E-state index < -0.39 is 5.54 Å². The fourth-order valence-corrected chi connectivity index (χ4v) is 6.53. The number of hydrogen-bond donors (Lipinski definition) is 2. The second-order valence-electron chi connectivity index (χ2n) is 12.6. The van der Waals surface area contributed by atoms with Crippen LogP contribution in [-0.4, -0.2) is 53.4 Å². The Bertz CT molecular complexity index is 1730. The molecule has 2 aliphatic rings. The number of rotatable bonds is 6. The van der Waals surface area contributed by atoms with Crippen LogP contribution in [-0.2, 0) is 11.3 Å². The summed E-state index contributed by atoms with van der Waals surface area (Å²) in [7, 11) is 3.38. The van der Waals surface area contributed by atoms with E-state index in [1.54, 1.807) is 52.2 Å². The van der Waals surface area contributed by atoms with Crippen molar-refractivity contribution in [3.05, 3.63) is 83.4 Å². The molecule has 2 N–H and O–H groups in total. The van der Waals surface area contributed by atoms with Gasteiger partial charge in [-0.15, -0.1) is 0 Å². The van der Waals surface area contributed by atoms with Crippen molar-refractivity contribution >= 4 is 34.3 Å². The second-order valence-corrected chi connectivity index (χ2v) is 12.6. The van der Waals surface area contributed by atoms with Gasteiger partial charge in [0, 0.05) is 47.4 Å². The molecule has 6 rings (SSSR count). The number of para-hydroxylation sites is 1. The molecule has 1 aliphatic heterocycles. The van der Waals surface area contributed by atoms with Gasteiger partial charge in [0.2, 0.25) is 5.91 Å². The number of aromatic nitrogens is 1. The zero-order valence-electron chi connectivity index (χ0n) is 25.9. The molecule has 3 aromatic carbocycles. The third-order valence-electron chi connectivity index (χ3n) is 8.88. The van der Waals surface area contributed by atoms with Gasteiger partial charge in [-0.25, -0.2) is 0 Å². The first kappa shape index (κ1) is 29.5. The molecule has 1 aromatic heterocycles. The van der Waals surface area contributed by atoms with Crippen LogP contribution in [0.5, 0.6) is 5.75 Å². The van der Waals surface area contributed by atoms with Gasteiger partial charge in [-0.3, -0.25) is 14.4 Å². The first-order chi connectivity index (χ1) is 21.1. The van der Waals surface area contributed by atoms with Crippen LogP contribution in [0.2, 0.25) is 0 Å². The molecule has 1 saturated carbocycles. The summed E-state index contributed by atoms with van der Waals surface area (Å²) >= 11 is 0. The lowest BCUT2D eigenvalue weighted by Gasteiger charge is -2.25. The minimum absolute atomic E-state index is 0.116. The Morgan fingerprint density at radius 3 is 2.34 bits per heavy atom. The molecule has 0 radical (unpaired) electrons. The van der Waals surface area contributed by atoms with Crippen molar-refractivity contribution in [1.82, 2.24) is 14.8 Å². The first-order valence-corrected chi connectivity index (χ1v) is 15.5. The van der Waals surface area contributed by atoms with E-state index in [-0.39, 0.29) is 17.7 Å². The molecule has 1 fully saturated rings. The zero-order chi connectivity index (χ0) is 31.0. The van der Waals surface area contributed by atoms with E-state index in [1.165, 1.54) is 40.8 Å². The average molecular weight is 593 g/mol. The summed E-state index contributed by atoms with van der Waals surface area (Å²) in [5.41, 5.74) is 5.06. The van der Waals surface area contributed by atoms with Crippen molar-refractivity contribution in [2.45, 2.75) is 64.0 Å². The monoisotopic (exact) mass is 592 g/mol. The first-order valence-electron chi connectivity index (χ1n) is 15.5. The highest BCUT2D eigenvalue weighted by Gasteiger charge is 2.32. The molecular formula is C36H40N4O4. The standard InChI is InChI=1S/C36H40N4O4/c1-36(2,35(43)37-26-17-14-24(15-18-26)34(42)39(3)4)38-33(41)25-16-19-27-29(22-25)40-20-21-44-30-13-9-8-12-28(30)32(40)31(27)23-10-6-5-7-11-23/h8-9,12-19,22-23H,5-7,10-11,20-21H2,1-4H3,(H,37,43)(H,38,41). The molecule has 228 valence electrons. The van der Waals surface area contributed by atoms with Crippen LogP contribution in [0.1, 0.15) is 78.1 Å². The van der Waals surface area contributed by atoms with E-state index in [9.17, 15) is 14.4 Å². The van der Waals surface area contributed by atoms with Gasteiger partial charge in [0.05, 0.1) is 12.2 Å². The number of hydrogen-bond acceptors (Lipinski definition) is 4. The molecule has 4 aromatic rings. The summed E-state index contributed by atoms with van der Waals surface area (Å²) in [5, 5.41) is 6.99. The summed E-state index contributed by atoms with van der Waals surface area (Å²) in [6.07, 6.45) is 6.06. The van der Waals surface area contributed by atoms with Crippen molar-refractivity contribution in [3.63, 3.8) is 0 Å². The normalized spacial score (nSPS) is 15.0. The molecule has 1 aliphatic carbocycles. The highest BCUT2D eigenvalue weighted by molar-refractivity contribution is 6.05. The van der Waals surface area contributed by atoms with Gasteiger partial charge in [-0.2, -0.15) is 0 Å². The predicted molar refractivity (Wildman–Crippen MR) is 173 cm³/mol. The lowest BCUT2D eigenvalue weighted by Crippen LogP contribution is -2.52. The summed E-state index contributed by atoms with van der Waals surface area (Å²) in [4.78, 5) is 40.6. The molecule has 3 amide bonds. The van der Waals surface area contributed by atoms with E-state index in [0.29, 0.717) is 35.9 Å². The number of ether oxygens (including phenoxy) is 1. The number of benzene rings is 3. The van der Waals surface area contributed by atoms with E-state index >= 15 is 0 Å². The average Bonchev–Trinajstić information content (AvgIpc) is 3.22. The van der Waals surface area contributed by atoms with Crippen LogP contribution < -0.4 is 15.4 Å². The number of fused-ring (bicyclic) bond motifs is 5. The van der Waals surface area contributed by atoms with Gasteiger partial charge >= 0.3 is 0 Å². The van der Waals surface area contributed by atoms with Gasteiger partial charge in [0.15, 0.2) is 0 Å². The molecular weight excluding hydrogens is 552 g/mol. The predicted octanol–water partition coefficient (Wildman–Crippen LogP) is 6.60.